The third kappa shape index (κ3) is 4.18. The lowest BCUT2D eigenvalue weighted by molar-refractivity contribution is 0.0995. The van der Waals surface area contributed by atoms with Crippen LogP contribution in [-0.4, -0.2) is 10.9 Å². The number of ether oxygens (including phenoxy) is 1. The molecular weight excluding hydrogens is 355 g/mol. The molecule has 2 aromatic carbocycles. The maximum Gasteiger partial charge on any atom is 0.267 e. The molecule has 1 amide bonds. The quantitative estimate of drug-likeness (QED) is 0.692. The molecule has 0 spiro atoms. The fraction of sp³-hybridized carbons (Fsp3) is 0.100. The third-order valence-electron chi connectivity index (χ3n) is 3.85. The number of aromatic nitrogens is 1. The number of halogens is 2. The van der Waals surface area contributed by atoms with Crippen LogP contribution >= 0.6 is 11.6 Å². The Morgan fingerprint density at radius 3 is 2.62 bits per heavy atom. The Bertz CT molecular complexity index is 932. The Morgan fingerprint density at radius 2 is 1.88 bits per heavy atom. The van der Waals surface area contributed by atoms with Crippen molar-refractivity contribution in [2.75, 3.05) is 0 Å². The summed E-state index contributed by atoms with van der Waals surface area (Å²) in [7, 11) is 0. The number of carbonyl (C=O) groups is 1. The molecule has 6 heteroatoms. The molecule has 4 nitrogen and oxygen atoms in total. The molecule has 26 heavy (non-hydrogen) atoms. The maximum absolute atomic E-state index is 14.8. The van der Waals surface area contributed by atoms with Gasteiger partial charge in [0.05, 0.1) is 5.02 Å². The summed E-state index contributed by atoms with van der Waals surface area (Å²) >= 11 is 6.10. The summed E-state index contributed by atoms with van der Waals surface area (Å²) in [6.07, 6.45) is 2.44. The number of amides is 1. The summed E-state index contributed by atoms with van der Waals surface area (Å²) in [5.41, 5.74) is 6.73. The first-order valence-electron chi connectivity index (χ1n) is 7.99. The summed E-state index contributed by atoms with van der Waals surface area (Å²) in [6, 6.07) is 15.5. The minimum atomic E-state index is -0.594. The van der Waals surface area contributed by atoms with E-state index in [1.807, 2.05) is 6.07 Å². The largest absolute Gasteiger partial charge is 0.453 e. The molecular formula is C20H16ClFN2O2. The molecule has 0 atom stereocenters. The molecule has 0 saturated heterocycles. The van der Waals surface area contributed by atoms with Gasteiger partial charge in [-0.25, -0.2) is 4.39 Å². The van der Waals surface area contributed by atoms with Gasteiger partial charge in [0.2, 0.25) is 0 Å². The first-order valence-corrected chi connectivity index (χ1v) is 8.37. The second kappa shape index (κ2) is 7.97. The molecule has 0 saturated carbocycles. The van der Waals surface area contributed by atoms with Crippen LogP contribution in [0.15, 0.2) is 60.8 Å². The normalized spacial score (nSPS) is 10.5. The fourth-order valence-corrected chi connectivity index (χ4v) is 2.69. The summed E-state index contributed by atoms with van der Waals surface area (Å²) in [6.45, 7) is 0. The summed E-state index contributed by atoms with van der Waals surface area (Å²) in [4.78, 5) is 15.1. The number of primary amides is 1. The smallest absolute Gasteiger partial charge is 0.267 e. The number of rotatable bonds is 6. The van der Waals surface area contributed by atoms with Gasteiger partial charge in [0.1, 0.15) is 11.4 Å². The zero-order valence-corrected chi connectivity index (χ0v) is 14.5. The highest BCUT2D eigenvalue weighted by molar-refractivity contribution is 6.32. The predicted molar refractivity (Wildman–Crippen MR) is 98.1 cm³/mol. The number of nitrogens with two attached hydrogens (primary N) is 1. The van der Waals surface area contributed by atoms with Gasteiger partial charge in [0.25, 0.3) is 5.91 Å². The van der Waals surface area contributed by atoms with Crippen molar-refractivity contribution in [2.24, 2.45) is 5.73 Å². The van der Waals surface area contributed by atoms with Crippen molar-refractivity contribution in [1.82, 2.24) is 4.98 Å². The zero-order chi connectivity index (χ0) is 18.5. The minimum absolute atomic E-state index is 0.00270. The van der Waals surface area contributed by atoms with Gasteiger partial charge in [0.15, 0.2) is 11.6 Å². The Kier molecular flexibility index (Phi) is 5.49. The van der Waals surface area contributed by atoms with Crippen LogP contribution in [0.3, 0.4) is 0 Å². The van der Waals surface area contributed by atoms with E-state index in [2.05, 4.69) is 4.98 Å². The standard InChI is InChI=1S/C20H16ClFN2O2/c21-16-9-8-14(7-6-13-10-11-24-17(12-13)20(23)25)18(22)19(16)26-15-4-2-1-3-5-15/h1-5,8-12H,6-7H2,(H2,23,25). The van der Waals surface area contributed by atoms with E-state index in [-0.39, 0.29) is 16.5 Å². The van der Waals surface area contributed by atoms with Gasteiger partial charge in [-0.05, 0) is 54.3 Å². The average molecular weight is 371 g/mol. The number of nitrogens with zero attached hydrogens (tertiary/aromatic N) is 1. The molecule has 0 unspecified atom stereocenters. The molecule has 0 aliphatic carbocycles. The Labute approximate surface area is 155 Å². The van der Waals surface area contributed by atoms with Crippen LogP contribution in [0.1, 0.15) is 21.6 Å². The van der Waals surface area contributed by atoms with Crippen molar-refractivity contribution in [1.29, 1.82) is 0 Å². The van der Waals surface area contributed by atoms with Crippen LogP contribution in [-0.2, 0) is 12.8 Å². The van der Waals surface area contributed by atoms with Gasteiger partial charge in [-0.1, -0.05) is 35.9 Å². The van der Waals surface area contributed by atoms with E-state index >= 15 is 0 Å². The minimum Gasteiger partial charge on any atom is -0.453 e. The molecule has 0 radical (unpaired) electrons. The summed E-state index contributed by atoms with van der Waals surface area (Å²) in [5, 5.41) is 0.204. The van der Waals surface area contributed by atoms with Gasteiger partial charge in [-0.3, -0.25) is 9.78 Å². The van der Waals surface area contributed by atoms with Crippen LogP contribution in [0.5, 0.6) is 11.5 Å². The van der Waals surface area contributed by atoms with Gasteiger partial charge in [0, 0.05) is 6.20 Å². The molecule has 3 aromatic rings. The monoisotopic (exact) mass is 370 g/mol. The molecule has 2 N–H and O–H groups in total. The van der Waals surface area contributed by atoms with Gasteiger partial charge in [-0.2, -0.15) is 0 Å². The van der Waals surface area contributed by atoms with Crippen molar-refractivity contribution < 1.29 is 13.9 Å². The van der Waals surface area contributed by atoms with Crippen LogP contribution in [0.4, 0.5) is 4.39 Å². The molecule has 1 heterocycles. The van der Waals surface area contributed by atoms with Gasteiger partial charge < -0.3 is 10.5 Å². The maximum atomic E-state index is 14.8. The van der Waals surface area contributed by atoms with Crippen LogP contribution in [0.25, 0.3) is 0 Å². The van der Waals surface area contributed by atoms with Crippen molar-refractivity contribution in [3.05, 3.63) is 88.5 Å². The highest BCUT2D eigenvalue weighted by atomic mass is 35.5. The number of benzene rings is 2. The van der Waals surface area contributed by atoms with E-state index in [4.69, 9.17) is 22.1 Å². The lowest BCUT2D eigenvalue weighted by atomic mass is 10.0. The van der Waals surface area contributed by atoms with Crippen molar-refractivity contribution in [2.45, 2.75) is 12.8 Å². The van der Waals surface area contributed by atoms with E-state index in [0.717, 1.165) is 5.56 Å². The van der Waals surface area contributed by atoms with E-state index in [1.54, 1.807) is 48.5 Å². The number of pyridine rings is 1. The number of para-hydroxylation sites is 1. The lowest BCUT2D eigenvalue weighted by Gasteiger charge is -2.12. The molecule has 0 fully saturated rings. The van der Waals surface area contributed by atoms with Gasteiger partial charge >= 0.3 is 0 Å². The summed E-state index contributed by atoms with van der Waals surface area (Å²) in [5.74, 6) is -0.581. The highest BCUT2D eigenvalue weighted by Gasteiger charge is 2.15. The van der Waals surface area contributed by atoms with Crippen molar-refractivity contribution in [3.63, 3.8) is 0 Å². The van der Waals surface area contributed by atoms with E-state index in [9.17, 15) is 9.18 Å². The zero-order valence-electron chi connectivity index (χ0n) is 13.8. The third-order valence-corrected chi connectivity index (χ3v) is 4.15. The average Bonchev–Trinajstić information content (AvgIpc) is 2.65. The lowest BCUT2D eigenvalue weighted by Crippen LogP contribution is -2.13. The highest BCUT2D eigenvalue weighted by Crippen LogP contribution is 2.34. The van der Waals surface area contributed by atoms with E-state index in [1.165, 1.54) is 6.20 Å². The molecule has 0 bridgehead atoms. The molecule has 0 aliphatic heterocycles. The van der Waals surface area contributed by atoms with Crippen molar-refractivity contribution >= 4 is 17.5 Å². The molecule has 1 aromatic heterocycles. The molecule has 3 rings (SSSR count). The van der Waals surface area contributed by atoms with Crippen LogP contribution in [0.2, 0.25) is 5.02 Å². The number of hydrogen-bond donors (Lipinski definition) is 1. The van der Waals surface area contributed by atoms with Gasteiger partial charge in [-0.15, -0.1) is 0 Å². The number of aryl methyl sites for hydroxylation is 2. The summed E-state index contributed by atoms with van der Waals surface area (Å²) < 4.78 is 20.4. The second-order valence-electron chi connectivity index (χ2n) is 5.68. The van der Waals surface area contributed by atoms with Crippen molar-refractivity contribution in [3.8, 4) is 11.5 Å². The SMILES string of the molecule is NC(=O)c1cc(CCc2ccc(Cl)c(Oc3ccccc3)c2F)ccn1. The number of carbonyl (C=O) groups excluding carboxylic acids is 1. The Morgan fingerprint density at radius 1 is 1.12 bits per heavy atom. The van der Waals surface area contributed by atoms with Crippen LogP contribution < -0.4 is 10.5 Å². The first-order chi connectivity index (χ1) is 12.5. The molecule has 0 aliphatic rings. The topological polar surface area (TPSA) is 65.2 Å². The fourth-order valence-electron chi connectivity index (χ4n) is 2.51. The first kappa shape index (κ1) is 17.9. The molecule has 132 valence electrons. The second-order valence-corrected chi connectivity index (χ2v) is 6.09. The Balaban J connectivity index is 1.79. The predicted octanol–water partition coefficient (Wildman–Crippen LogP) is 4.55. The number of hydrogen-bond acceptors (Lipinski definition) is 3. The van der Waals surface area contributed by atoms with E-state index in [0.29, 0.717) is 24.2 Å². The van der Waals surface area contributed by atoms with Crippen LogP contribution in [0, 0.1) is 5.82 Å². The Hall–Kier alpha value is -2.92. The van der Waals surface area contributed by atoms with E-state index < -0.39 is 11.7 Å².